The summed E-state index contributed by atoms with van der Waals surface area (Å²) in [6.45, 7) is 7.55. The van der Waals surface area contributed by atoms with Crippen molar-refractivity contribution < 1.29 is 0 Å². The van der Waals surface area contributed by atoms with Gasteiger partial charge in [-0.2, -0.15) is 0 Å². The van der Waals surface area contributed by atoms with Crippen LogP contribution in [0.2, 0.25) is 0 Å². The molecule has 0 atom stereocenters. The molecule has 1 saturated heterocycles. The van der Waals surface area contributed by atoms with E-state index in [0.717, 1.165) is 60.8 Å². The molecule has 0 spiro atoms. The average Bonchev–Trinajstić information content (AvgIpc) is 3.48. The maximum atomic E-state index is 5.13. The predicted molar refractivity (Wildman–Crippen MR) is 145 cm³/mol. The molecule has 35 heavy (non-hydrogen) atoms. The van der Waals surface area contributed by atoms with Gasteiger partial charge in [0.1, 0.15) is 12.2 Å². The number of nitrogens with one attached hydrogen (secondary N) is 1. The fraction of sp³-hybridized carbons (Fsp3) is 0.321. The van der Waals surface area contributed by atoms with Gasteiger partial charge in [0.25, 0.3) is 0 Å². The highest BCUT2D eigenvalue weighted by atomic mass is 32.1. The van der Waals surface area contributed by atoms with Gasteiger partial charge in [0.15, 0.2) is 17.0 Å². The van der Waals surface area contributed by atoms with Gasteiger partial charge in [-0.3, -0.25) is 4.90 Å². The molecule has 5 aromatic rings. The molecule has 0 aliphatic carbocycles. The number of rotatable bonds is 6. The molecule has 1 aliphatic heterocycles. The van der Waals surface area contributed by atoms with Crippen LogP contribution in [-0.2, 0) is 6.54 Å². The molecule has 0 saturated carbocycles. The summed E-state index contributed by atoms with van der Waals surface area (Å²) in [7, 11) is 0. The van der Waals surface area contributed by atoms with E-state index in [-0.39, 0.29) is 6.04 Å². The lowest BCUT2D eigenvalue weighted by Crippen LogP contribution is -2.38. The molecule has 1 N–H and O–H groups in total. The first-order valence-corrected chi connectivity index (χ1v) is 13.3. The monoisotopic (exact) mass is 482 g/mol. The van der Waals surface area contributed by atoms with Crippen LogP contribution in [0.25, 0.3) is 32.6 Å². The summed E-state index contributed by atoms with van der Waals surface area (Å²) in [6, 6.07) is 19.9. The molecular weight excluding hydrogens is 452 g/mol. The zero-order chi connectivity index (χ0) is 23.8. The van der Waals surface area contributed by atoms with Crippen molar-refractivity contribution in [1.29, 1.82) is 0 Å². The molecule has 0 unspecified atom stereocenters. The lowest BCUT2D eigenvalue weighted by Gasteiger charge is -2.32. The largest absolute Gasteiger partial charge is 0.365 e. The normalized spacial score (nSPS) is 15.4. The number of hydrogen-bond donors (Lipinski definition) is 1. The van der Waals surface area contributed by atoms with Gasteiger partial charge >= 0.3 is 0 Å². The molecular formula is C28H30N6S. The molecule has 6 nitrogen and oxygen atoms in total. The standard InChI is InChI=1S/C28H30N6S/c1-19(2)34-27(23-17-35-24-11-7-6-10-22(23)24)32-25-26(29-18-30-28(25)34)31-21-12-14-33(15-13-21)16-20-8-4-3-5-9-20/h3-11,17-19,21H,12-16H2,1-2H3,(H,29,30,31). The van der Waals surface area contributed by atoms with Gasteiger partial charge in [0, 0.05) is 52.7 Å². The van der Waals surface area contributed by atoms with Crippen molar-refractivity contribution in [1.82, 2.24) is 24.4 Å². The topological polar surface area (TPSA) is 58.9 Å². The maximum Gasteiger partial charge on any atom is 0.166 e. The highest BCUT2D eigenvalue weighted by molar-refractivity contribution is 7.17. The Hall–Kier alpha value is -3.29. The van der Waals surface area contributed by atoms with Gasteiger partial charge < -0.3 is 9.88 Å². The van der Waals surface area contributed by atoms with E-state index in [2.05, 4.69) is 98.6 Å². The number of piperidine rings is 1. The second-order valence-corrected chi connectivity index (χ2v) is 10.5. The van der Waals surface area contributed by atoms with Crippen LogP contribution in [0.5, 0.6) is 0 Å². The Balaban J connectivity index is 1.27. The van der Waals surface area contributed by atoms with Crippen LogP contribution >= 0.6 is 11.3 Å². The van der Waals surface area contributed by atoms with Gasteiger partial charge in [-0.15, -0.1) is 11.3 Å². The van der Waals surface area contributed by atoms with Crippen molar-refractivity contribution in [3.8, 4) is 11.4 Å². The number of likely N-dealkylation sites (tertiary alicyclic amines) is 1. The molecule has 0 bridgehead atoms. The van der Waals surface area contributed by atoms with Gasteiger partial charge in [0.05, 0.1) is 0 Å². The van der Waals surface area contributed by atoms with E-state index in [1.807, 2.05) is 0 Å². The third-order valence-electron chi connectivity index (χ3n) is 6.89. The Kier molecular flexibility index (Phi) is 5.96. The summed E-state index contributed by atoms with van der Waals surface area (Å²) in [5.74, 6) is 1.81. The van der Waals surface area contributed by atoms with Crippen LogP contribution in [0.1, 0.15) is 38.3 Å². The Morgan fingerprint density at radius 2 is 1.77 bits per heavy atom. The fourth-order valence-electron chi connectivity index (χ4n) is 5.11. The molecule has 3 aromatic heterocycles. The summed E-state index contributed by atoms with van der Waals surface area (Å²) in [4.78, 5) is 17.0. The highest BCUT2D eigenvalue weighted by Crippen LogP contribution is 2.37. The lowest BCUT2D eigenvalue weighted by atomic mass is 10.0. The van der Waals surface area contributed by atoms with E-state index < -0.39 is 0 Å². The molecule has 7 heteroatoms. The number of thiophene rings is 1. The van der Waals surface area contributed by atoms with E-state index in [0.29, 0.717) is 6.04 Å². The Morgan fingerprint density at radius 3 is 2.57 bits per heavy atom. The smallest absolute Gasteiger partial charge is 0.166 e. The Labute approximate surface area is 209 Å². The first kappa shape index (κ1) is 22.2. The second-order valence-electron chi connectivity index (χ2n) is 9.62. The lowest BCUT2D eigenvalue weighted by molar-refractivity contribution is 0.211. The van der Waals surface area contributed by atoms with Gasteiger partial charge in [0.2, 0.25) is 0 Å². The number of anilines is 1. The van der Waals surface area contributed by atoms with E-state index in [1.165, 1.54) is 15.6 Å². The van der Waals surface area contributed by atoms with Crippen molar-refractivity contribution in [3.05, 3.63) is 71.9 Å². The van der Waals surface area contributed by atoms with Crippen LogP contribution in [0.4, 0.5) is 5.82 Å². The third-order valence-corrected chi connectivity index (χ3v) is 7.86. The van der Waals surface area contributed by atoms with Gasteiger partial charge in [-0.1, -0.05) is 48.5 Å². The quantitative estimate of drug-likeness (QED) is 0.305. The van der Waals surface area contributed by atoms with E-state index in [9.17, 15) is 0 Å². The minimum atomic E-state index is 0.234. The molecule has 178 valence electrons. The number of benzene rings is 2. The van der Waals surface area contributed by atoms with Crippen molar-refractivity contribution in [2.75, 3.05) is 18.4 Å². The van der Waals surface area contributed by atoms with Crippen molar-refractivity contribution in [3.63, 3.8) is 0 Å². The van der Waals surface area contributed by atoms with E-state index in [1.54, 1.807) is 17.7 Å². The van der Waals surface area contributed by atoms with Crippen LogP contribution in [-0.4, -0.2) is 43.6 Å². The van der Waals surface area contributed by atoms with Crippen molar-refractivity contribution >= 4 is 38.4 Å². The first-order valence-electron chi connectivity index (χ1n) is 12.4. The van der Waals surface area contributed by atoms with Crippen LogP contribution in [0.3, 0.4) is 0 Å². The van der Waals surface area contributed by atoms with E-state index in [4.69, 9.17) is 4.98 Å². The van der Waals surface area contributed by atoms with E-state index >= 15 is 0 Å². The number of imidazole rings is 1. The average molecular weight is 483 g/mol. The second kappa shape index (κ2) is 9.40. The van der Waals surface area contributed by atoms with Crippen LogP contribution in [0.15, 0.2) is 66.3 Å². The fourth-order valence-corrected chi connectivity index (χ4v) is 6.05. The zero-order valence-corrected chi connectivity index (χ0v) is 21.0. The molecule has 1 fully saturated rings. The van der Waals surface area contributed by atoms with Crippen LogP contribution < -0.4 is 5.32 Å². The van der Waals surface area contributed by atoms with Gasteiger partial charge in [-0.05, 0) is 38.3 Å². The van der Waals surface area contributed by atoms with Crippen LogP contribution in [0, 0.1) is 0 Å². The third kappa shape index (κ3) is 4.30. The molecule has 0 amide bonds. The van der Waals surface area contributed by atoms with Crippen molar-refractivity contribution in [2.45, 2.75) is 45.3 Å². The molecule has 1 aliphatic rings. The molecule has 6 rings (SSSR count). The molecule has 2 aromatic carbocycles. The summed E-state index contributed by atoms with van der Waals surface area (Å²) in [6.07, 6.45) is 3.85. The number of fused-ring (bicyclic) bond motifs is 2. The maximum absolute atomic E-state index is 5.13. The summed E-state index contributed by atoms with van der Waals surface area (Å²) in [5.41, 5.74) is 4.30. The first-order chi connectivity index (χ1) is 17.2. The number of aromatic nitrogens is 4. The van der Waals surface area contributed by atoms with Crippen molar-refractivity contribution in [2.24, 2.45) is 0 Å². The number of hydrogen-bond acceptors (Lipinski definition) is 6. The molecule has 0 radical (unpaired) electrons. The van der Waals surface area contributed by atoms with Gasteiger partial charge in [-0.25, -0.2) is 15.0 Å². The molecule has 4 heterocycles. The zero-order valence-electron chi connectivity index (χ0n) is 20.2. The highest BCUT2D eigenvalue weighted by Gasteiger charge is 2.24. The summed E-state index contributed by atoms with van der Waals surface area (Å²) >= 11 is 1.76. The predicted octanol–water partition coefficient (Wildman–Crippen LogP) is 6.37. The summed E-state index contributed by atoms with van der Waals surface area (Å²) < 4.78 is 3.52. The Bertz CT molecular complexity index is 1450. The summed E-state index contributed by atoms with van der Waals surface area (Å²) in [5, 5.41) is 7.17. The number of nitrogens with zero attached hydrogens (tertiary/aromatic N) is 5. The minimum absolute atomic E-state index is 0.234. The Morgan fingerprint density at radius 1 is 1.00 bits per heavy atom. The minimum Gasteiger partial charge on any atom is -0.365 e. The SMILES string of the molecule is CC(C)n1c(-c2csc3ccccc23)nc2c(NC3CCN(Cc4ccccc4)CC3)ncnc21.